The van der Waals surface area contributed by atoms with E-state index in [2.05, 4.69) is 4.98 Å². The van der Waals surface area contributed by atoms with Gasteiger partial charge in [-0.3, -0.25) is 18.9 Å². The number of hydrogen-bond acceptors (Lipinski definition) is 8. The molecule has 11 nitrogen and oxygen atoms in total. The lowest BCUT2D eigenvalue weighted by Crippen LogP contribution is -2.43. The van der Waals surface area contributed by atoms with Crippen molar-refractivity contribution in [2.45, 2.75) is 57.5 Å². The lowest BCUT2D eigenvalue weighted by Gasteiger charge is -2.29. The van der Waals surface area contributed by atoms with Gasteiger partial charge in [-0.25, -0.2) is 4.79 Å². The first-order valence-corrected chi connectivity index (χ1v) is 9.62. The topological polar surface area (TPSA) is 149 Å². The molecule has 0 bridgehead atoms. The Morgan fingerprint density at radius 1 is 1.33 bits per heavy atom. The summed E-state index contributed by atoms with van der Waals surface area (Å²) in [5, 5.41) is 9.59. The summed E-state index contributed by atoms with van der Waals surface area (Å²) in [6.07, 6.45) is -3.75. The van der Waals surface area contributed by atoms with E-state index in [0.29, 0.717) is 0 Å². The molecule has 1 aliphatic rings. The first-order chi connectivity index (χ1) is 12.7. The number of aliphatic hydroxyl groups excluding tert-OH is 1. The number of rotatable bonds is 8. The van der Waals surface area contributed by atoms with E-state index in [1.165, 1.54) is 20.2 Å². The van der Waals surface area contributed by atoms with Gasteiger partial charge in [-0.2, -0.15) is 0 Å². The van der Waals surface area contributed by atoms with Crippen molar-refractivity contribution in [1.29, 1.82) is 0 Å². The van der Waals surface area contributed by atoms with E-state index in [-0.39, 0.29) is 11.7 Å². The van der Waals surface area contributed by atoms with Crippen LogP contribution in [0.5, 0.6) is 0 Å². The van der Waals surface area contributed by atoms with Crippen LogP contribution in [0.25, 0.3) is 0 Å². The summed E-state index contributed by atoms with van der Waals surface area (Å²) in [5.41, 5.74) is -1.03. The second kappa shape index (κ2) is 9.24. The number of nitrogens with zero attached hydrogens (tertiary/aromatic N) is 1. The Balaban J connectivity index is 2.46. The molecule has 27 heavy (non-hydrogen) atoms. The standard InChI is InChI=1S/C15H25N2O9P/c1-7-5-17(15(20)16-13(7)19)14-12(24-9(3)8(2)23-4)11(26-27(21)22)10(6-18)25-14/h5,8-12,14,18,27H,6H2,1-4H3,(H,21,22)(H,16,19,20)/t8-,9-,10-,11?,12+,14-/m1/s1. The molecule has 2 rings (SSSR count). The number of aromatic amines is 1. The zero-order valence-corrected chi connectivity index (χ0v) is 16.4. The van der Waals surface area contributed by atoms with Crippen molar-refractivity contribution < 1.29 is 33.3 Å². The van der Waals surface area contributed by atoms with Crippen LogP contribution in [0.4, 0.5) is 0 Å². The van der Waals surface area contributed by atoms with Crippen LogP contribution in [-0.2, 0) is 23.3 Å². The molecular formula is C15H25N2O9P. The maximum Gasteiger partial charge on any atom is 0.330 e. The number of nitrogens with one attached hydrogen (secondary N) is 1. The maximum absolute atomic E-state index is 12.3. The van der Waals surface area contributed by atoms with E-state index >= 15 is 0 Å². The van der Waals surface area contributed by atoms with Gasteiger partial charge in [-0.1, -0.05) is 0 Å². The largest absolute Gasteiger partial charge is 0.394 e. The van der Waals surface area contributed by atoms with Crippen LogP contribution in [0, 0.1) is 6.92 Å². The van der Waals surface area contributed by atoms with Gasteiger partial charge < -0.3 is 28.7 Å². The fourth-order valence-corrected chi connectivity index (χ4v) is 3.33. The predicted octanol–water partition coefficient (Wildman–Crippen LogP) is -0.689. The summed E-state index contributed by atoms with van der Waals surface area (Å²) in [5.74, 6) is 0. The van der Waals surface area contributed by atoms with Crippen LogP contribution in [0.1, 0.15) is 25.6 Å². The summed E-state index contributed by atoms with van der Waals surface area (Å²) in [6.45, 7) is 4.47. The lowest BCUT2D eigenvalue weighted by molar-refractivity contribution is -0.127. The maximum atomic E-state index is 12.3. The van der Waals surface area contributed by atoms with Crippen molar-refractivity contribution in [2.24, 2.45) is 0 Å². The molecule has 0 aliphatic carbocycles. The SMILES string of the molecule is CO[C@H](C)[C@@H](C)O[C@H]1C(O[PH](=O)O)[C@@H](CO)O[C@H]1n1cc(C)c(=O)[nH]c1=O. The zero-order chi connectivity index (χ0) is 20.3. The average molecular weight is 408 g/mol. The summed E-state index contributed by atoms with van der Waals surface area (Å²) >= 11 is 0. The van der Waals surface area contributed by atoms with Crippen molar-refractivity contribution >= 4 is 8.25 Å². The molecule has 7 atom stereocenters. The summed E-state index contributed by atoms with van der Waals surface area (Å²) in [4.78, 5) is 35.3. The van der Waals surface area contributed by atoms with Gasteiger partial charge in [0, 0.05) is 18.9 Å². The number of H-pyrrole nitrogens is 1. The van der Waals surface area contributed by atoms with E-state index in [9.17, 15) is 24.2 Å². The van der Waals surface area contributed by atoms with E-state index in [0.717, 1.165) is 4.57 Å². The van der Waals surface area contributed by atoms with Crippen LogP contribution < -0.4 is 11.2 Å². The molecule has 1 aromatic heterocycles. The Hall–Kier alpha value is -1.33. The van der Waals surface area contributed by atoms with Crippen molar-refractivity contribution in [3.63, 3.8) is 0 Å². The van der Waals surface area contributed by atoms with Crippen LogP contribution in [-0.4, -0.2) is 63.8 Å². The van der Waals surface area contributed by atoms with Crippen molar-refractivity contribution in [3.05, 3.63) is 32.6 Å². The number of methoxy groups -OCH3 is 1. The van der Waals surface area contributed by atoms with Gasteiger partial charge in [-0.05, 0) is 20.8 Å². The van der Waals surface area contributed by atoms with Gasteiger partial charge in [0.25, 0.3) is 5.56 Å². The summed E-state index contributed by atoms with van der Waals surface area (Å²) in [6, 6.07) is 0. The molecule has 0 saturated carbocycles. The average Bonchev–Trinajstić information content (AvgIpc) is 2.94. The molecule has 3 N–H and O–H groups in total. The molecule has 1 aliphatic heterocycles. The van der Waals surface area contributed by atoms with Crippen molar-refractivity contribution in [2.75, 3.05) is 13.7 Å². The number of aliphatic hydroxyl groups is 1. The molecule has 0 radical (unpaired) electrons. The molecule has 1 saturated heterocycles. The smallest absolute Gasteiger partial charge is 0.330 e. The fraction of sp³-hybridized carbons (Fsp3) is 0.733. The minimum atomic E-state index is -3.38. The molecule has 0 aromatic carbocycles. The molecule has 1 aromatic rings. The van der Waals surface area contributed by atoms with Crippen LogP contribution in [0.3, 0.4) is 0 Å². The van der Waals surface area contributed by atoms with Crippen LogP contribution >= 0.6 is 8.25 Å². The van der Waals surface area contributed by atoms with Gasteiger partial charge >= 0.3 is 13.9 Å². The van der Waals surface area contributed by atoms with Gasteiger partial charge in [-0.15, -0.1) is 0 Å². The number of aromatic nitrogens is 2. The van der Waals surface area contributed by atoms with Gasteiger partial charge in [0.05, 0.1) is 18.8 Å². The molecule has 2 heterocycles. The third-order valence-corrected chi connectivity index (χ3v) is 5.00. The monoisotopic (exact) mass is 408 g/mol. The highest BCUT2D eigenvalue weighted by Crippen LogP contribution is 2.37. The highest BCUT2D eigenvalue weighted by molar-refractivity contribution is 7.32. The molecule has 2 unspecified atom stereocenters. The Bertz CT molecular complexity index is 779. The zero-order valence-electron chi connectivity index (χ0n) is 15.4. The number of aryl methyl sites for hydroxylation is 1. The predicted molar refractivity (Wildman–Crippen MR) is 94.0 cm³/mol. The highest BCUT2D eigenvalue weighted by atomic mass is 31.1. The normalized spacial score (nSPS) is 28.8. The minimum Gasteiger partial charge on any atom is -0.394 e. The Labute approximate surface area is 155 Å². The van der Waals surface area contributed by atoms with Crippen molar-refractivity contribution in [3.8, 4) is 0 Å². The number of ether oxygens (including phenoxy) is 3. The van der Waals surface area contributed by atoms with E-state index < -0.39 is 56.8 Å². The Morgan fingerprint density at radius 3 is 2.56 bits per heavy atom. The molecule has 0 spiro atoms. The van der Waals surface area contributed by atoms with Gasteiger partial charge in [0.2, 0.25) is 0 Å². The van der Waals surface area contributed by atoms with Gasteiger partial charge in [0.1, 0.15) is 18.3 Å². The Morgan fingerprint density at radius 2 is 2.00 bits per heavy atom. The van der Waals surface area contributed by atoms with E-state index in [1.807, 2.05) is 0 Å². The Kier molecular flexibility index (Phi) is 7.52. The molecule has 1 fully saturated rings. The lowest BCUT2D eigenvalue weighted by atomic mass is 10.1. The minimum absolute atomic E-state index is 0.260. The highest BCUT2D eigenvalue weighted by Gasteiger charge is 2.49. The second-order valence-electron chi connectivity index (χ2n) is 6.32. The summed E-state index contributed by atoms with van der Waals surface area (Å²) in [7, 11) is -1.88. The fourth-order valence-electron chi connectivity index (χ4n) is 2.81. The third-order valence-electron chi connectivity index (χ3n) is 4.53. The van der Waals surface area contributed by atoms with Crippen molar-refractivity contribution in [1.82, 2.24) is 9.55 Å². The second-order valence-corrected chi connectivity index (χ2v) is 7.09. The van der Waals surface area contributed by atoms with Gasteiger partial charge in [0.15, 0.2) is 6.23 Å². The first kappa shape index (κ1) is 22.0. The van der Waals surface area contributed by atoms with E-state index in [1.54, 1.807) is 13.8 Å². The van der Waals surface area contributed by atoms with Crippen LogP contribution in [0.2, 0.25) is 0 Å². The molecule has 12 heteroatoms. The first-order valence-electron chi connectivity index (χ1n) is 8.35. The summed E-state index contributed by atoms with van der Waals surface area (Å²) < 4.78 is 34.3. The van der Waals surface area contributed by atoms with Crippen LogP contribution in [0.15, 0.2) is 15.8 Å². The molecule has 154 valence electrons. The number of hydrogen-bond donors (Lipinski definition) is 3. The molecular weight excluding hydrogens is 383 g/mol. The molecule has 0 amide bonds. The third kappa shape index (κ3) is 4.94. The van der Waals surface area contributed by atoms with E-state index in [4.69, 9.17) is 18.7 Å². The quantitative estimate of drug-likeness (QED) is 0.475.